The van der Waals surface area contributed by atoms with Crippen LogP contribution in [0.3, 0.4) is 0 Å². The van der Waals surface area contributed by atoms with Crippen LogP contribution >= 0.6 is 0 Å². The van der Waals surface area contributed by atoms with Gasteiger partial charge in [-0.25, -0.2) is 4.79 Å². The molecular formula is C26H26N2O6. The second-order valence-corrected chi connectivity index (χ2v) is 7.58. The third-order valence-electron chi connectivity index (χ3n) is 4.58. The third-order valence-corrected chi connectivity index (χ3v) is 4.58. The molecule has 0 saturated carbocycles. The molecule has 3 rings (SSSR count). The number of hydrogen-bond acceptors (Lipinski definition) is 6. The summed E-state index contributed by atoms with van der Waals surface area (Å²) < 4.78 is 15.7. The lowest BCUT2D eigenvalue weighted by atomic mass is 10.2. The Balaban J connectivity index is 1.47. The van der Waals surface area contributed by atoms with Crippen molar-refractivity contribution in [1.29, 1.82) is 0 Å². The summed E-state index contributed by atoms with van der Waals surface area (Å²) in [6.07, 6.45) is -0.205. The summed E-state index contributed by atoms with van der Waals surface area (Å²) in [5.74, 6) is 0.0958. The van der Waals surface area contributed by atoms with E-state index in [-0.39, 0.29) is 24.5 Å². The van der Waals surface area contributed by atoms with Crippen molar-refractivity contribution < 1.29 is 28.6 Å². The summed E-state index contributed by atoms with van der Waals surface area (Å²) in [5, 5.41) is 5.51. The molecule has 0 unspecified atom stereocenters. The van der Waals surface area contributed by atoms with Gasteiger partial charge in [0.1, 0.15) is 11.5 Å². The number of carbonyl (C=O) groups excluding carboxylic acids is 3. The van der Waals surface area contributed by atoms with Crippen LogP contribution in [0.2, 0.25) is 0 Å². The van der Waals surface area contributed by atoms with Gasteiger partial charge in [0.05, 0.1) is 18.8 Å². The summed E-state index contributed by atoms with van der Waals surface area (Å²) in [5.41, 5.74) is 2.02. The number of amides is 2. The Morgan fingerprint density at radius 2 is 1.26 bits per heavy atom. The fourth-order valence-corrected chi connectivity index (χ4v) is 2.90. The van der Waals surface area contributed by atoms with Gasteiger partial charge in [-0.2, -0.15) is 0 Å². The SMILES string of the molecule is COc1ccc(NC(=O)c2ccc(NC(=O)COc3ccc(C(=O)OC(C)C)cc3)cc2)cc1. The first kappa shape index (κ1) is 24.3. The molecule has 34 heavy (non-hydrogen) atoms. The lowest BCUT2D eigenvalue weighted by molar-refractivity contribution is -0.118. The van der Waals surface area contributed by atoms with E-state index in [0.717, 1.165) is 0 Å². The van der Waals surface area contributed by atoms with Crippen LogP contribution in [0, 0.1) is 0 Å². The monoisotopic (exact) mass is 462 g/mol. The van der Waals surface area contributed by atoms with Crippen molar-refractivity contribution in [2.45, 2.75) is 20.0 Å². The number of hydrogen-bond donors (Lipinski definition) is 2. The number of ether oxygens (including phenoxy) is 3. The van der Waals surface area contributed by atoms with Gasteiger partial charge in [0.15, 0.2) is 6.61 Å². The zero-order valence-electron chi connectivity index (χ0n) is 19.2. The quantitative estimate of drug-likeness (QED) is 0.453. The van der Waals surface area contributed by atoms with Gasteiger partial charge < -0.3 is 24.8 Å². The van der Waals surface area contributed by atoms with E-state index in [1.54, 1.807) is 93.8 Å². The Labute approximate surface area is 197 Å². The summed E-state index contributed by atoms with van der Waals surface area (Å²) in [4.78, 5) is 36.5. The molecule has 8 heteroatoms. The van der Waals surface area contributed by atoms with Crippen LogP contribution in [0.5, 0.6) is 11.5 Å². The largest absolute Gasteiger partial charge is 0.497 e. The molecule has 0 heterocycles. The van der Waals surface area contributed by atoms with Crippen LogP contribution in [-0.2, 0) is 9.53 Å². The Kier molecular flexibility index (Phi) is 8.23. The molecule has 8 nitrogen and oxygen atoms in total. The first-order chi connectivity index (χ1) is 16.3. The predicted molar refractivity (Wildman–Crippen MR) is 129 cm³/mol. The van der Waals surface area contributed by atoms with E-state index in [1.165, 1.54) is 0 Å². The fourth-order valence-electron chi connectivity index (χ4n) is 2.90. The van der Waals surface area contributed by atoms with Crippen LogP contribution in [0.1, 0.15) is 34.6 Å². The van der Waals surface area contributed by atoms with E-state index in [4.69, 9.17) is 14.2 Å². The van der Waals surface area contributed by atoms with Gasteiger partial charge in [-0.05, 0) is 86.6 Å². The molecule has 3 aromatic carbocycles. The minimum Gasteiger partial charge on any atom is -0.497 e. The maximum Gasteiger partial charge on any atom is 0.338 e. The first-order valence-corrected chi connectivity index (χ1v) is 10.6. The molecule has 0 saturated heterocycles. The van der Waals surface area contributed by atoms with Crippen molar-refractivity contribution in [3.63, 3.8) is 0 Å². The molecule has 2 N–H and O–H groups in total. The van der Waals surface area contributed by atoms with E-state index in [2.05, 4.69) is 10.6 Å². The Hall–Kier alpha value is -4.33. The second kappa shape index (κ2) is 11.5. The highest BCUT2D eigenvalue weighted by Crippen LogP contribution is 2.17. The lowest BCUT2D eigenvalue weighted by Crippen LogP contribution is -2.20. The van der Waals surface area contributed by atoms with Crippen LogP contribution in [-0.4, -0.2) is 37.6 Å². The molecule has 0 atom stereocenters. The highest BCUT2D eigenvalue weighted by molar-refractivity contribution is 6.04. The smallest absolute Gasteiger partial charge is 0.338 e. The number of methoxy groups -OCH3 is 1. The summed E-state index contributed by atoms with van der Waals surface area (Å²) in [6, 6.07) is 19.9. The van der Waals surface area contributed by atoms with E-state index in [0.29, 0.717) is 34.0 Å². The lowest BCUT2D eigenvalue weighted by Gasteiger charge is -2.10. The van der Waals surface area contributed by atoms with Crippen LogP contribution in [0.4, 0.5) is 11.4 Å². The van der Waals surface area contributed by atoms with Crippen LogP contribution < -0.4 is 20.1 Å². The average Bonchev–Trinajstić information content (AvgIpc) is 2.83. The van der Waals surface area contributed by atoms with E-state index in [1.807, 2.05) is 0 Å². The Bertz CT molecular complexity index is 1120. The number of rotatable bonds is 9. The van der Waals surface area contributed by atoms with Gasteiger partial charge in [-0.15, -0.1) is 0 Å². The zero-order valence-corrected chi connectivity index (χ0v) is 19.2. The zero-order chi connectivity index (χ0) is 24.5. The van der Waals surface area contributed by atoms with E-state index >= 15 is 0 Å². The molecular weight excluding hydrogens is 436 g/mol. The molecule has 0 radical (unpaired) electrons. The Morgan fingerprint density at radius 1 is 0.735 bits per heavy atom. The van der Waals surface area contributed by atoms with Crippen molar-refractivity contribution >= 4 is 29.2 Å². The summed E-state index contributed by atoms with van der Waals surface area (Å²) in [7, 11) is 1.57. The summed E-state index contributed by atoms with van der Waals surface area (Å²) >= 11 is 0. The van der Waals surface area contributed by atoms with Gasteiger partial charge in [-0.3, -0.25) is 9.59 Å². The summed E-state index contributed by atoms with van der Waals surface area (Å²) in [6.45, 7) is 3.34. The van der Waals surface area contributed by atoms with E-state index < -0.39 is 5.97 Å². The number of nitrogens with one attached hydrogen (secondary N) is 2. The number of anilines is 2. The number of carbonyl (C=O) groups is 3. The van der Waals surface area contributed by atoms with Crippen molar-refractivity contribution in [1.82, 2.24) is 0 Å². The number of benzene rings is 3. The molecule has 0 aliphatic heterocycles. The van der Waals surface area contributed by atoms with Crippen molar-refractivity contribution in [2.75, 3.05) is 24.4 Å². The van der Waals surface area contributed by atoms with Crippen molar-refractivity contribution in [3.05, 3.63) is 83.9 Å². The topological polar surface area (TPSA) is 103 Å². The molecule has 0 spiro atoms. The van der Waals surface area contributed by atoms with Gasteiger partial charge in [0.2, 0.25) is 0 Å². The standard InChI is InChI=1S/C26H26N2O6/c1-17(2)34-26(31)19-6-12-23(13-7-19)33-16-24(29)27-20-8-4-18(5-9-20)25(30)28-21-10-14-22(32-3)15-11-21/h4-15,17H,16H2,1-3H3,(H,27,29)(H,28,30). The van der Waals surface area contributed by atoms with Gasteiger partial charge >= 0.3 is 5.97 Å². The highest BCUT2D eigenvalue weighted by atomic mass is 16.5. The molecule has 176 valence electrons. The number of esters is 1. The molecule has 0 fully saturated rings. The minimum absolute atomic E-state index is 0.205. The molecule has 0 aliphatic rings. The predicted octanol–water partition coefficient (Wildman–Crippen LogP) is 4.53. The minimum atomic E-state index is -0.416. The maximum absolute atomic E-state index is 12.4. The van der Waals surface area contributed by atoms with Gasteiger partial charge in [0, 0.05) is 16.9 Å². The first-order valence-electron chi connectivity index (χ1n) is 10.6. The average molecular weight is 463 g/mol. The molecule has 3 aromatic rings. The Morgan fingerprint density at radius 3 is 1.85 bits per heavy atom. The molecule has 0 aromatic heterocycles. The molecule has 0 bridgehead atoms. The van der Waals surface area contributed by atoms with Crippen molar-refractivity contribution in [3.8, 4) is 11.5 Å². The van der Waals surface area contributed by atoms with Crippen LogP contribution in [0.25, 0.3) is 0 Å². The van der Waals surface area contributed by atoms with E-state index in [9.17, 15) is 14.4 Å². The highest BCUT2D eigenvalue weighted by Gasteiger charge is 2.11. The van der Waals surface area contributed by atoms with Crippen LogP contribution in [0.15, 0.2) is 72.8 Å². The molecule has 2 amide bonds. The van der Waals surface area contributed by atoms with Gasteiger partial charge in [0.25, 0.3) is 11.8 Å². The van der Waals surface area contributed by atoms with Gasteiger partial charge in [-0.1, -0.05) is 0 Å². The third kappa shape index (κ3) is 7.09. The second-order valence-electron chi connectivity index (χ2n) is 7.58. The molecule has 0 aliphatic carbocycles. The van der Waals surface area contributed by atoms with Crippen molar-refractivity contribution in [2.24, 2.45) is 0 Å². The fraction of sp³-hybridized carbons (Fsp3) is 0.192. The normalized spacial score (nSPS) is 10.4. The maximum atomic E-state index is 12.4.